The Kier molecular flexibility index (Phi) is 2.19. The van der Waals surface area contributed by atoms with Crippen LogP contribution in [0.25, 0.3) is 0 Å². The van der Waals surface area contributed by atoms with E-state index in [0.717, 1.165) is 0 Å². The van der Waals surface area contributed by atoms with Gasteiger partial charge in [0, 0.05) is 6.20 Å². The minimum Gasteiger partial charge on any atom is -0.245 e. The van der Waals surface area contributed by atoms with Gasteiger partial charge in [0.05, 0.1) is 0 Å². The van der Waals surface area contributed by atoms with E-state index in [1.807, 2.05) is 12.1 Å². The van der Waals surface area contributed by atoms with Gasteiger partial charge in [-0.3, -0.25) is 0 Å². The molecule has 3 heteroatoms. The normalized spacial score (nSPS) is 17.2. The molecule has 0 bridgehead atoms. The van der Waals surface area contributed by atoms with Gasteiger partial charge in [0.2, 0.25) is 0 Å². The van der Waals surface area contributed by atoms with Crippen LogP contribution < -0.4 is 0 Å². The second kappa shape index (κ2) is 3.33. The predicted octanol–water partition coefficient (Wildman–Crippen LogP) is 3.14. The molecule has 0 N–H and O–H groups in total. The number of nitrogens with zero attached hydrogens (tertiary/aromatic N) is 1. The van der Waals surface area contributed by atoms with Crippen LogP contribution in [-0.4, -0.2) is 4.98 Å². The van der Waals surface area contributed by atoms with Crippen molar-refractivity contribution < 1.29 is 0 Å². The van der Waals surface area contributed by atoms with E-state index in [0.29, 0.717) is 5.15 Å². The lowest BCUT2D eigenvalue weighted by atomic mass is 10.5. The van der Waals surface area contributed by atoms with Crippen molar-refractivity contribution in [2.45, 2.75) is 4.90 Å². The van der Waals surface area contributed by atoms with E-state index in [2.05, 4.69) is 28.0 Å². The van der Waals surface area contributed by atoms with E-state index in [1.54, 1.807) is 6.20 Å². The zero-order chi connectivity index (χ0) is 8.39. The summed E-state index contributed by atoms with van der Waals surface area (Å²) in [5, 5.41) is 4.96. The summed E-state index contributed by atoms with van der Waals surface area (Å²) in [7, 11) is -0.242. The third-order valence-corrected chi connectivity index (χ3v) is 3.68. The third-order valence-electron chi connectivity index (χ3n) is 1.61. The molecule has 0 saturated heterocycles. The number of pyridine rings is 1. The highest BCUT2D eigenvalue weighted by Gasteiger charge is 2.02. The summed E-state index contributed by atoms with van der Waals surface area (Å²) in [5.74, 6) is 0. The fraction of sp³-hybridized carbons (Fsp3) is 0. The monoisotopic (exact) mass is 197 g/mol. The van der Waals surface area contributed by atoms with Gasteiger partial charge in [-0.2, -0.15) is 10.9 Å². The van der Waals surface area contributed by atoms with Gasteiger partial charge in [-0.25, -0.2) is 4.98 Å². The lowest BCUT2D eigenvalue weighted by Gasteiger charge is -2.09. The first-order chi connectivity index (χ1) is 5.86. The van der Waals surface area contributed by atoms with Crippen LogP contribution >= 0.6 is 22.5 Å². The molecule has 1 nitrogen and oxygen atoms in total. The molecular weight excluding hydrogens is 190 g/mol. The average molecular weight is 198 g/mol. The topological polar surface area (TPSA) is 12.9 Å². The Labute approximate surface area is 79.1 Å². The molecule has 12 heavy (non-hydrogen) atoms. The molecule has 2 heterocycles. The summed E-state index contributed by atoms with van der Waals surface area (Å²) in [5.41, 5.74) is 0. The third kappa shape index (κ3) is 1.54. The molecular formula is C9H8ClNS. The molecule has 2 rings (SSSR count). The number of allylic oxidation sites excluding steroid dienone is 2. The van der Waals surface area contributed by atoms with Gasteiger partial charge in [0.25, 0.3) is 0 Å². The van der Waals surface area contributed by atoms with Crippen LogP contribution in [-0.2, 0) is 0 Å². The second-order valence-corrected chi connectivity index (χ2v) is 4.74. The number of hydrogen-bond acceptors (Lipinski definition) is 1. The highest BCUT2D eigenvalue weighted by Crippen LogP contribution is 2.41. The summed E-state index contributed by atoms with van der Waals surface area (Å²) in [6.07, 6.45) is 5.89. The highest BCUT2D eigenvalue weighted by atomic mass is 35.5. The lowest BCUT2D eigenvalue weighted by Crippen LogP contribution is -1.77. The zero-order valence-corrected chi connectivity index (χ0v) is 7.96. The van der Waals surface area contributed by atoms with E-state index in [4.69, 9.17) is 11.6 Å². The minimum atomic E-state index is -0.242. The number of aromatic nitrogens is 1. The zero-order valence-electron chi connectivity index (χ0n) is 6.31. The van der Waals surface area contributed by atoms with Gasteiger partial charge >= 0.3 is 0 Å². The fourth-order valence-corrected chi connectivity index (χ4v) is 2.83. The van der Waals surface area contributed by atoms with Crippen LogP contribution in [0.5, 0.6) is 0 Å². The standard InChI is InChI=1S/C9H8ClNS/c10-9-7-8(3-4-11-9)12-5-1-2-6-12/h1-7,12H. The summed E-state index contributed by atoms with van der Waals surface area (Å²) in [4.78, 5) is 5.20. The van der Waals surface area contributed by atoms with Crippen molar-refractivity contribution >= 4 is 22.5 Å². The maximum atomic E-state index is 5.77. The van der Waals surface area contributed by atoms with Crippen molar-refractivity contribution in [3.05, 3.63) is 46.5 Å². The van der Waals surface area contributed by atoms with Crippen LogP contribution in [0.3, 0.4) is 0 Å². The van der Waals surface area contributed by atoms with Gasteiger partial charge in [-0.15, -0.1) is 0 Å². The Morgan fingerprint density at radius 2 is 2.00 bits per heavy atom. The van der Waals surface area contributed by atoms with Crippen molar-refractivity contribution in [3.63, 3.8) is 0 Å². The van der Waals surface area contributed by atoms with Crippen molar-refractivity contribution in [1.29, 1.82) is 0 Å². The first kappa shape index (κ1) is 7.90. The first-order valence-electron chi connectivity index (χ1n) is 3.61. The molecule has 0 unspecified atom stereocenters. The van der Waals surface area contributed by atoms with E-state index in [1.165, 1.54) is 4.90 Å². The minimum absolute atomic E-state index is 0.242. The molecule has 1 aliphatic rings. The van der Waals surface area contributed by atoms with Crippen molar-refractivity contribution in [3.8, 4) is 0 Å². The van der Waals surface area contributed by atoms with E-state index >= 15 is 0 Å². The Morgan fingerprint density at radius 1 is 1.25 bits per heavy atom. The number of rotatable bonds is 1. The molecule has 0 amide bonds. The van der Waals surface area contributed by atoms with Gasteiger partial charge in [-0.1, -0.05) is 23.8 Å². The molecule has 1 aromatic heterocycles. The molecule has 0 saturated carbocycles. The molecule has 0 spiro atoms. The van der Waals surface area contributed by atoms with Crippen molar-refractivity contribution in [1.82, 2.24) is 4.98 Å². The predicted molar refractivity (Wildman–Crippen MR) is 54.8 cm³/mol. The Hall–Kier alpha value is -0.730. The SMILES string of the molecule is Clc1cc([SH]2C=CC=C2)ccn1. The summed E-state index contributed by atoms with van der Waals surface area (Å²) in [6, 6.07) is 3.94. The van der Waals surface area contributed by atoms with Crippen molar-refractivity contribution in [2.75, 3.05) is 0 Å². The fourth-order valence-electron chi connectivity index (χ4n) is 1.06. The van der Waals surface area contributed by atoms with Gasteiger partial charge in [-0.05, 0) is 27.8 Å². The molecule has 1 aliphatic heterocycles. The maximum absolute atomic E-state index is 5.77. The van der Waals surface area contributed by atoms with Gasteiger partial charge in [0.1, 0.15) is 5.15 Å². The Bertz CT molecular complexity index is 334. The Morgan fingerprint density at radius 3 is 2.67 bits per heavy atom. The summed E-state index contributed by atoms with van der Waals surface area (Å²) < 4.78 is 0. The van der Waals surface area contributed by atoms with E-state index in [9.17, 15) is 0 Å². The highest BCUT2D eigenvalue weighted by molar-refractivity contribution is 8.22. The molecule has 0 fully saturated rings. The van der Waals surface area contributed by atoms with E-state index < -0.39 is 0 Å². The first-order valence-corrected chi connectivity index (χ1v) is 5.47. The van der Waals surface area contributed by atoms with Gasteiger partial charge in [0.15, 0.2) is 0 Å². The quantitative estimate of drug-likeness (QED) is 0.539. The molecule has 1 aromatic rings. The number of halogens is 1. The molecule has 0 atom stereocenters. The summed E-state index contributed by atoms with van der Waals surface area (Å²) in [6.45, 7) is 0. The Balaban J connectivity index is 2.34. The van der Waals surface area contributed by atoms with Crippen LogP contribution in [0.2, 0.25) is 5.15 Å². The van der Waals surface area contributed by atoms with Crippen LogP contribution in [0.4, 0.5) is 0 Å². The lowest BCUT2D eigenvalue weighted by molar-refractivity contribution is 1.26. The maximum Gasteiger partial charge on any atom is 0.130 e. The summed E-state index contributed by atoms with van der Waals surface area (Å²) >= 11 is 5.77. The van der Waals surface area contributed by atoms with Gasteiger partial charge < -0.3 is 0 Å². The van der Waals surface area contributed by atoms with Crippen molar-refractivity contribution in [2.24, 2.45) is 0 Å². The molecule has 0 radical (unpaired) electrons. The van der Waals surface area contributed by atoms with Crippen LogP contribution in [0, 0.1) is 0 Å². The smallest absolute Gasteiger partial charge is 0.130 e. The van der Waals surface area contributed by atoms with Crippen LogP contribution in [0.15, 0.2) is 46.2 Å². The van der Waals surface area contributed by atoms with Crippen LogP contribution in [0.1, 0.15) is 0 Å². The molecule has 62 valence electrons. The van der Waals surface area contributed by atoms with E-state index in [-0.39, 0.29) is 10.9 Å². The second-order valence-electron chi connectivity index (χ2n) is 2.43. The molecule has 0 aromatic carbocycles. The number of thiol groups is 1. The average Bonchev–Trinajstić information content (AvgIpc) is 2.56. The largest absolute Gasteiger partial charge is 0.245 e. The number of hydrogen-bond donors (Lipinski definition) is 1. The molecule has 0 aliphatic carbocycles.